The monoisotopic (exact) mass is 357 g/mol. The molecule has 2 heterocycles. The first-order valence-corrected chi connectivity index (χ1v) is 9.05. The third-order valence-electron chi connectivity index (χ3n) is 4.52. The molecule has 26 heavy (non-hydrogen) atoms. The highest BCUT2D eigenvalue weighted by Gasteiger charge is 2.22. The maximum atomic E-state index is 12.6. The molecular weight excluding hydrogens is 330 g/mol. The van der Waals surface area contributed by atoms with Crippen LogP contribution in [-0.4, -0.2) is 53.2 Å². The minimum Gasteiger partial charge on any atom is -0.373 e. The Hall–Kier alpha value is -2.18. The molecule has 140 valence electrons. The zero-order valence-electron chi connectivity index (χ0n) is 15.9. The Kier molecular flexibility index (Phi) is 5.74. The SMILES string of the molecule is Cc1cc(CN(C)C(=O)c2ccc(CN3C[C@@H](C)O[C@H](C)C3)cc2)no1. The molecule has 6 nitrogen and oxygen atoms in total. The largest absolute Gasteiger partial charge is 0.373 e. The number of aromatic nitrogens is 1. The zero-order chi connectivity index (χ0) is 18.7. The lowest BCUT2D eigenvalue weighted by Crippen LogP contribution is -2.44. The highest BCUT2D eigenvalue weighted by molar-refractivity contribution is 5.94. The van der Waals surface area contributed by atoms with Crippen LogP contribution in [0, 0.1) is 6.92 Å². The van der Waals surface area contributed by atoms with E-state index in [-0.39, 0.29) is 18.1 Å². The first-order valence-electron chi connectivity index (χ1n) is 9.05. The summed E-state index contributed by atoms with van der Waals surface area (Å²) in [5, 5.41) is 3.94. The van der Waals surface area contributed by atoms with Crippen LogP contribution in [0.5, 0.6) is 0 Å². The lowest BCUT2D eigenvalue weighted by molar-refractivity contribution is -0.0704. The van der Waals surface area contributed by atoms with E-state index in [1.807, 2.05) is 37.3 Å². The molecule has 1 fully saturated rings. The number of nitrogens with zero attached hydrogens (tertiary/aromatic N) is 3. The molecule has 0 radical (unpaired) electrons. The second kappa shape index (κ2) is 8.01. The number of morpholine rings is 1. The van der Waals surface area contributed by atoms with Crippen molar-refractivity contribution in [3.05, 3.63) is 52.9 Å². The zero-order valence-corrected chi connectivity index (χ0v) is 15.9. The summed E-state index contributed by atoms with van der Waals surface area (Å²) in [6.07, 6.45) is 0.516. The third kappa shape index (κ3) is 4.71. The highest BCUT2D eigenvalue weighted by Crippen LogP contribution is 2.16. The molecule has 1 saturated heterocycles. The van der Waals surface area contributed by atoms with Crippen molar-refractivity contribution in [3.8, 4) is 0 Å². The fourth-order valence-corrected chi connectivity index (χ4v) is 3.45. The Bertz CT molecular complexity index is 731. The van der Waals surface area contributed by atoms with Crippen LogP contribution in [0.25, 0.3) is 0 Å². The van der Waals surface area contributed by atoms with Crippen LogP contribution < -0.4 is 0 Å². The van der Waals surface area contributed by atoms with Gasteiger partial charge in [-0.15, -0.1) is 0 Å². The van der Waals surface area contributed by atoms with Gasteiger partial charge in [0.2, 0.25) is 0 Å². The summed E-state index contributed by atoms with van der Waals surface area (Å²) >= 11 is 0. The number of carbonyl (C=O) groups excluding carboxylic acids is 1. The van der Waals surface area contributed by atoms with Crippen molar-refractivity contribution in [2.75, 3.05) is 20.1 Å². The normalized spacial score (nSPS) is 20.9. The molecule has 1 aromatic heterocycles. The maximum Gasteiger partial charge on any atom is 0.253 e. The summed E-state index contributed by atoms with van der Waals surface area (Å²) in [6, 6.07) is 9.71. The van der Waals surface area contributed by atoms with Gasteiger partial charge >= 0.3 is 0 Å². The van der Waals surface area contributed by atoms with Gasteiger partial charge in [-0.25, -0.2) is 0 Å². The Morgan fingerprint density at radius 2 is 1.88 bits per heavy atom. The number of hydrogen-bond acceptors (Lipinski definition) is 5. The van der Waals surface area contributed by atoms with E-state index in [0.29, 0.717) is 12.1 Å². The van der Waals surface area contributed by atoms with E-state index in [1.165, 1.54) is 5.56 Å². The Labute approximate surface area is 154 Å². The second-order valence-corrected chi connectivity index (χ2v) is 7.24. The average Bonchev–Trinajstić information content (AvgIpc) is 2.99. The Balaban J connectivity index is 1.58. The second-order valence-electron chi connectivity index (χ2n) is 7.24. The Morgan fingerprint density at radius 3 is 2.46 bits per heavy atom. The first-order chi connectivity index (χ1) is 12.4. The number of hydrogen-bond donors (Lipinski definition) is 0. The molecule has 0 aliphatic carbocycles. The quantitative estimate of drug-likeness (QED) is 0.823. The number of rotatable bonds is 5. The lowest BCUT2D eigenvalue weighted by atomic mass is 10.1. The minimum atomic E-state index is -0.0224. The molecule has 6 heteroatoms. The van der Waals surface area contributed by atoms with E-state index >= 15 is 0 Å². The van der Waals surface area contributed by atoms with E-state index in [9.17, 15) is 4.79 Å². The maximum absolute atomic E-state index is 12.6. The Morgan fingerprint density at radius 1 is 1.23 bits per heavy atom. The van der Waals surface area contributed by atoms with Gasteiger partial charge in [-0.05, 0) is 38.5 Å². The molecule has 2 aromatic rings. The van der Waals surface area contributed by atoms with Crippen molar-refractivity contribution in [2.24, 2.45) is 0 Å². The van der Waals surface area contributed by atoms with Crippen LogP contribution >= 0.6 is 0 Å². The van der Waals surface area contributed by atoms with Crippen LogP contribution in [0.4, 0.5) is 0 Å². The van der Waals surface area contributed by atoms with E-state index < -0.39 is 0 Å². The van der Waals surface area contributed by atoms with Gasteiger partial charge in [0.05, 0.1) is 18.8 Å². The average molecular weight is 357 g/mol. The molecule has 1 aliphatic heterocycles. The minimum absolute atomic E-state index is 0.0224. The van der Waals surface area contributed by atoms with E-state index in [0.717, 1.165) is 31.1 Å². The number of aryl methyl sites for hydroxylation is 1. The van der Waals surface area contributed by atoms with Crippen molar-refractivity contribution < 1.29 is 14.1 Å². The van der Waals surface area contributed by atoms with Crippen LogP contribution in [0.1, 0.15) is 41.2 Å². The van der Waals surface area contributed by atoms with Gasteiger partial charge in [-0.3, -0.25) is 9.69 Å². The smallest absolute Gasteiger partial charge is 0.253 e. The third-order valence-corrected chi connectivity index (χ3v) is 4.52. The van der Waals surface area contributed by atoms with E-state index in [4.69, 9.17) is 9.26 Å². The molecule has 1 aromatic carbocycles. The molecule has 0 saturated carbocycles. The summed E-state index contributed by atoms with van der Waals surface area (Å²) in [5.74, 6) is 0.725. The molecule has 2 atom stereocenters. The molecule has 0 spiro atoms. The van der Waals surface area contributed by atoms with Crippen molar-refractivity contribution in [2.45, 2.75) is 46.1 Å². The molecule has 0 N–H and O–H groups in total. The van der Waals surface area contributed by atoms with Gasteiger partial charge in [-0.2, -0.15) is 0 Å². The first kappa shape index (κ1) is 18.6. The molecule has 3 rings (SSSR count). The van der Waals surface area contributed by atoms with Gasteiger partial charge in [0.1, 0.15) is 11.5 Å². The summed E-state index contributed by atoms with van der Waals surface area (Å²) in [4.78, 5) is 16.6. The standard InChI is InChI=1S/C20H27N3O3/c1-14-9-19(21-26-14)13-22(4)20(24)18-7-5-17(6-8-18)12-23-10-15(2)25-16(3)11-23/h5-9,15-16H,10-13H2,1-4H3/t15-,16-/m1/s1. The van der Waals surface area contributed by atoms with Crippen molar-refractivity contribution >= 4 is 5.91 Å². The van der Waals surface area contributed by atoms with Gasteiger partial charge < -0.3 is 14.2 Å². The predicted octanol–water partition coefficient (Wildman–Crippen LogP) is 2.86. The van der Waals surface area contributed by atoms with Gasteiger partial charge in [-0.1, -0.05) is 17.3 Å². The lowest BCUT2D eigenvalue weighted by Gasteiger charge is -2.35. The number of ether oxygens (including phenoxy) is 1. The summed E-state index contributed by atoms with van der Waals surface area (Å²) in [6.45, 7) is 9.23. The molecule has 0 unspecified atom stereocenters. The fraction of sp³-hybridized carbons (Fsp3) is 0.500. The van der Waals surface area contributed by atoms with E-state index in [1.54, 1.807) is 11.9 Å². The predicted molar refractivity (Wildman–Crippen MR) is 98.8 cm³/mol. The number of amides is 1. The van der Waals surface area contributed by atoms with Gasteiger partial charge in [0.25, 0.3) is 5.91 Å². The number of carbonyl (C=O) groups is 1. The van der Waals surface area contributed by atoms with Crippen LogP contribution in [0.15, 0.2) is 34.9 Å². The summed E-state index contributed by atoms with van der Waals surface area (Å²) in [5.41, 5.74) is 2.64. The van der Waals surface area contributed by atoms with E-state index in [2.05, 4.69) is 23.9 Å². The highest BCUT2D eigenvalue weighted by atomic mass is 16.5. The van der Waals surface area contributed by atoms with Gasteiger partial charge in [0, 0.05) is 38.3 Å². The molecular formula is C20H27N3O3. The molecule has 1 amide bonds. The van der Waals surface area contributed by atoms with Crippen molar-refractivity contribution in [3.63, 3.8) is 0 Å². The van der Waals surface area contributed by atoms with Crippen LogP contribution in [0.3, 0.4) is 0 Å². The van der Waals surface area contributed by atoms with Crippen LogP contribution in [0.2, 0.25) is 0 Å². The van der Waals surface area contributed by atoms with Crippen molar-refractivity contribution in [1.29, 1.82) is 0 Å². The van der Waals surface area contributed by atoms with Gasteiger partial charge in [0.15, 0.2) is 0 Å². The van der Waals surface area contributed by atoms with Crippen molar-refractivity contribution in [1.82, 2.24) is 15.0 Å². The molecule has 1 aliphatic rings. The van der Waals surface area contributed by atoms with Crippen LogP contribution in [-0.2, 0) is 17.8 Å². The fourth-order valence-electron chi connectivity index (χ4n) is 3.45. The summed E-state index contributed by atoms with van der Waals surface area (Å²) < 4.78 is 10.8. The number of benzene rings is 1. The topological polar surface area (TPSA) is 58.8 Å². The molecule has 0 bridgehead atoms. The summed E-state index contributed by atoms with van der Waals surface area (Å²) in [7, 11) is 1.77.